The van der Waals surface area contributed by atoms with Gasteiger partial charge in [0, 0.05) is 19.7 Å². The minimum atomic E-state index is -0.137. The number of fused-ring (bicyclic) bond motifs is 1. The molecule has 5 nitrogen and oxygen atoms in total. The second-order valence-electron chi connectivity index (χ2n) is 3.18. The monoisotopic (exact) mass is 204 g/mol. The van der Waals surface area contributed by atoms with Crippen molar-refractivity contribution in [3.63, 3.8) is 0 Å². The van der Waals surface area contributed by atoms with E-state index in [9.17, 15) is 4.79 Å². The van der Waals surface area contributed by atoms with Gasteiger partial charge in [0.1, 0.15) is 11.3 Å². The Balaban J connectivity index is 2.61. The zero-order valence-corrected chi connectivity index (χ0v) is 8.66. The van der Waals surface area contributed by atoms with Crippen molar-refractivity contribution in [3.8, 4) is 0 Å². The molecule has 2 aromatic heterocycles. The van der Waals surface area contributed by atoms with Crippen LogP contribution in [0.25, 0.3) is 11.0 Å². The number of hydrogen-bond donors (Lipinski definition) is 2. The topological polar surface area (TPSA) is 70.7 Å². The summed E-state index contributed by atoms with van der Waals surface area (Å²) in [7, 11) is 1.60. The second kappa shape index (κ2) is 3.68. The van der Waals surface area contributed by atoms with Crippen molar-refractivity contribution in [2.45, 2.75) is 13.3 Å². The lowest BCUT2D eigenvalue weighted by molar-refractivity contribution is 0.0964. The molecule has 0 saturated heterocycles. The zero-order chi connectivity index (χ0) is 10.8. The number of H-pyrrole nitrogens is 1. The zero-order valence-electron chi connectivity index (χ0n) is 8.66. The lowest BCUT2D eigenvalue weighted by Gasteiger charge is -1.98. The molecule has 0 spiro atoms. The number of aryl methyl sites for hydroxylation is 1. The summed E-state index contributed by atoms with van der Waals surface area (Å²) in [4.78, 5) is 22.9. The maximum absolute atomic E-state index is 11.5. The number of aromatic amines is 1. The highest BCUT2D eigenvalue weighted by molar-refractivity contribution is 6.04. The first-order chi connectivity index (χ1) is 7.26. The van der Waals surface area contributed by atoms with Crippen molar-refractivity contribution in [1.82, 2.24) is 20.3 Å². The van der Waals surface area contributed by atoms with E-state index in [0.29, 0.717) is 11.1 Å². The summed E-state index contributed by atoms with van der Waals surface area (Å²) in [5.74, 6) is 0.606. The van der Waals surface area contributed by atoms with E-state index >= 15 is 0 Å². The largest absolute Gasteiger partial charge is 0.358 e. The lowest BCUT2D eigenvalue weighted by atomic mass is 10.2. The third-order valence-corrected chi connectivity index (χ3v) is 2.25. The molecule has 15 heavy (non-hydrogen) atoms. The molecule has 2 N–H and O–H groups in total. The van der Waals surface area contributed by atoms with Crippen molar-refractivity contribution >= 4 is 16.9 Å². The Hall–Kier alpha value is -1.91. The van der Waals surface area contributed by atoms with Crippen LogP contribution in [0.2, 0.25) is 0 Å². The molecule has 0 radical (unpaired) electrons. The van der Waals surface area contributed by atoms with E-state index in [1.807, 2.05) is 6.92 Å². The average Bonchev–Trinajstić information content (AvgIpc) is 2.70. The van der Waals surface area contributed by atoms with Crippen molar-refractivity contribution in [2.75, 3.05) is 7.05 Å². The van der Waals surface area contributed by atoms with Crippen LogP contribution in [0.4, 0.5) is 0 Å². The highest BCUT2D eigenvalue weighted by Crippen LogP contribution is 2.14. The number of amides is 1. The molecule has 2 rings (SSSR count). The number of rotatable bonds is 2. The van der Waals surface area contributed by atoms with Crippen molar-refractivity contribution in [1.29, 1.82) is 0 Å². The van der Waals surface area contributed by atoms with Gasteiger partial charge in [0.2, 0.25) is 0 Å². The molecule has 0 aliphatic rings. The summed E-state index contributed by atoms with van der Waals surface area (Å²) >= 11 is 0. The fourth-order valence-corrected chi connectivity index (χ4v) is 1.43. The van der Waals surface area contributed by atoms with Gasteiger partial charge in [0.15, 0.2) is 0 Å². The Bertz CT molecular complexity index is 503. The highest BCUT2D eigenvalue weighted by atomic mass is 16.1. The Morgan fingerprint density at radius 3 is 3.07 bits per heavy atom. The maximum atomic E-state index is 11.5. The molecule has 5 heteroatoms. The minimum absolute atomic E-state index is 0.137. The summed E-state index contributed by atoms with van der Waals surface area (Å²) in [6.45, 7) is 1.98. The molecular formula is C10H12N4O. The quantitative estimate of drug-likeness (QED) is 0.762. The van der Waals surface area contributed by atoms with Crippen LogP contribution in [0.15, 0.2) is 12.4 Å². The molecule has 0 unspecified atom stereocenters. The molecule has 2 heterocycles. The summed E-state index contributed by atoms with van der Waals surface area (Å²) in [5.41, 5.74) is 2.02. The first kappa shape index (κ1) is 9.64. The van der Waals surface area contributed by atoms with Crippen LogP contribution in [-0.2, 0) is 6.42 Å². The van der Waals surface area contributed by atoms with Crippen LogP contribution in [0.3, 0.4) is 0 Å². The number of aromatic nitrogens is 3. The van der Waals surface area contributed by atoms with E-state index in [1.54, 1.807) is 19.4 Å². The van der Waals surface area contributed by atoms with Gasteiger partial charge in [0.25, 0.3) is 5.91 Å². The number of carbonyl (C=O) groups is 1. The second-order valence-corrected chi connectivity index (χ2v) is 3.18. The molecule has 0 aliphatic heterocycles. The van der Waals surface area contributed by atoms with E-state index in [1.165, 1.54) is 0 Å². The summed E-state index contributed by atoms with van der Waals surface area (Å²) < 4.78 is 0. The van der Waals surface area contributed by atoms with Gasteiger partial charge >= 0.3 is 0 Å². The number of hydrogen-bond acceptors (Lipinski definition) is 3. The number of nitrogens with zero attached hydrogens (tertiary/aromatic N) is 2. The van der Waals surface area contributed by atoms with Crippen LogP contribution < -0.4 is 5.32 Å². The smallest absolute Gasteiger partial charge is 0.254 e. The Morgan fingerprint density at radius 1 is 1.60 bits per heavy atom. The van der Waals surface area contributed by atoms with Crippen LogP contribution in [-0.4, -0.2) is 27.9 Å². The molecule has 2 aromatic rings. The third-order valence-electron chi connectivity index (χ3n) is 2.25. The predicted octanol–water partition coefficient (Wildman–Crippen LogP) is 0.880. The van der Waals surface area contributed by atoms with Crippen LogP contribution in [0.1, 0.15) is 23.1 Å². The van der Waals surface area contributed by atoms with Crippen molar-refractivity contribution < 1.29 is 4.79 Å². The van der Waals surface area contributed by atoms with Gasteiger partial charge < -0.3 is 10.3 Å². The molecule has 0 bridgehead atoms. The number of nitrogens with one attached hydrogen (secondary N) is 2. The van der Waals surface area contributed by atoms with Gasteiger partial charge in [-0.1, -0.05) is 6.92 Å². The van der Waals surface area contributed by atoms with Crippen LogP contribution >= 0.6 is 0 Å². The van der Waals surface area contributed by atoms with Crippen molar-refractivity contribution in [2.24, 2.45) is 0 Å². The van der Waals surface area contributed by atoms with E-state index in [0.717, 1.165) is 17.8 Å². The van der Waals surface area contributed by atoms with Crippen LogP contribution in [0, 0.1) is 0 Å². The van der Waals surface area contributed by atoms with Gasteiger partial charge in [-0.15, -0.1) is 0 Å². The molecule has 0 saturated carbocycles. The Morgan fingerprint density at radius 2 is 2.40 bits per heavy atom. The molecule has 78 valence electrons. The van der Waals surface area contributed by atoms with Crippen molar-refractivity contribution in [3.05, 3.63) is 23.8 Å². The van der Waals surface area contributed by atoms with Gasteiger partial charge in [-0.05, 0) is 0 Å². The maximum Gasteiger partial charge on any atom is 0.254 e. The SMILES string of the molecule is CCc1ncc2[nH]cc(C(=O)NC)c2n1. The highest BCUT2D eigenvalue weighted by Gasteiger charge is 2.12. The van der Waals surface area contributed by atoms with Gasteiger partial charge in [-0.3, -0.25) is 4.79 Å². The third kappa shape index (κ3) is 1.56. The Labute approximate surface area is 86.9 Å². The molecule has 0 atom stereocenters. The average molecular weight is 204 g/mol. The van der Waals surface area contributed by atoms with E-state index in [-0.39, 0.29) is 5.91 Å². The normalized spacial score (nSPS) is 10.5. The van der Waals surface area contributed by atoms with E-state index in [4.69, 9.17) is 0 Å². The minimum Gasteiger partial charge on any atom is -0.358 e. The summed E-state index contributed by atoms with van der Waals surface area (Å²) in [6.07, 6.45) is 4.11. The van der Waals surface area contributed by atoms with E-state index in [2.05, 4.69) is 20.3 Å². The number of carbonyl (C=O) groups excluding carboxylic acids is 1. The first-order valence-corrected chi connectivity index (χ1v) is 4.81. The van der Waals surface area contributed by atoms with Gasteiger partial charge in [0.05, 0.1) is 17.3 Å². The first-order valence-electron chi connectivity index (χ1n) is 4.81. The molecule has 0 fully saturated rings. The standard InChI is InChI=1S/C10H12N4O/c1-3-8-13-5-7-9(14-8)6(4-12-7)10(15)11-2/h4-5,12H,3H2,1-2H3,(H,11,15). The Kier molecular flexibility index (Phi) is 2.37. The predicted molar refractivity (Wildman–Crippen MR) is 56.7 cm³/mol. The molecule has 0 aromatic carbocycles. The van der Waals surface area contributed by atoms with Crippen LogP contribution in [0.5, 0.6) is 0 Å². The van der Waals surface area contributed by atoms with Gasteiger partial charge in [-0.25, -0.2) is 9.97 Å². The molecule has 1 amide bonds. The summed E-state index contributed by atoms with van der Waals surface area (Å²) in [6, 6.07) is 0. The van der Waals surface area contributed by atoms with Gasteiger partial charge in [-0.2, -0.15) is 0 Å². The lowest BCUT2D eigenvalue weighted by Crippen LogP contribution is -2.17. The summed E-state index contributed by atoms with van der Waals surface area (Å²) in [5, 5.41) is 2.58. The van der Waals surface area contributed by atoms with E-state index < -0.39 is 0 Å². The fourth-order valence-electron chi connectivity index (χ4n) is 1.43. The fraction of sp³-hybridized carbons (Fsp3) is 0.300. The molecular weight excluding hydrogens is 192 g/mol. The molecule has 0 aliphatic carbocycles.